The maximum Gasteiger partial charge on any atom is 0.323 e. The van der Waals surface area contributed by atoms with Gasteiger partial charge in [0.1, 0.15) is 11.8 Å². The van der Waals surface area contributed by atoms with Crippen LogP contribution in [0, 0.1) is 0 Å². The molecule has 4 heteroatoms. The van der Waals surface area contributed by atoms with E-state index in [4.69, 9.17) is 4.74 Å². The van der Waals surface area contributed by atoms with Gasteiger partial charge in [-0.2, -0.15) is 0 Å². The number of Topliss-reactive ketones (excluding diaryl/α,β-unsaturated/α-hetero) is 1. The maximum absolute atomic E-state index is 11.3. The lowest BCUT2D eigenvalue weighted by Crippen LogP contribution is -2.33. The van der Waals surface area contributed by atoms with Crippen molar-refractivity contribution in [3.05, 3.63) is 0 Å². The standard InChI is InChI=1S/C20H37NO3/c1-18(22)14-12-10-8-6-4-2-3-5-7-9-11-13-16-21-19-15-17-24-20(19)23/h19,21H,2-17H2,1H3/t19-/m0/s1. The molecule has 140 valence electrons. The molecule has 24 heavy (non-hydrogen) atoms. The van der Waals surface area contributed by atoms with E-state index >= 15 is 0 Å². The highest BCUT2D eigenvalue weighted by atomic mass is 16.5. The second kappa shape index (κ2) is 14.4. The number of unbranched alkanes of at least 4 members (excludes halogenated alkanes) is 11. The van der Waals surface area contributed by atoms with Gasteiger partial charge in [0.05, 0.1) is 6.61 Å². The number of hydrogen-bond acceptors (Lipinski definition) is 4. The highest BCUT2D eigenvalue weighted by Crippen LogP contribution is 2.12. The van der Waals surface area contributed by atoms with Crippen LogP contribution in [-0.2, 0) is 14.3 Å². The van der Waals surface area contributed by atoms with Crippen molar-refractivity contribution in [3.8, 4) is 0 Å². The number of cyclic esters (lactones) is 1. The van der Waals surface area contributed by atoms with Crippen LogP contribution in [0.4, 0.5) is 0 Å². The third-order valence-corrected chi connectivity index (χ3v) is 4.78. The average Bonchev–Trinajstić information content (AvgIpc) is 2.96. The first-order valence-electron chi connectivity index (χ1n) is 10.1. The zero-order valence-corrected chi connectivity index (χ0v) is 15.6. The minimum absolute atomic E-state index is 0.0486. The summed E-state index contributed by atoms with van der Waals surface area (Å²) >= 11 is 0. The van der Waals surface area contributed by atoms with Crippen LogP contribution in [0.2, 0.25) is 0 Å². The summed E-state index contributed by atoms with van der Waals surface area (Å²) in [5, 5.41) is 3.28. The van der Waals surface area contributed by atoms with Gasteiger partial charge in [0.25, 0.3) is 0 Å². The predicted octanol–water partition coefficient (Wildman–Crippen LogP) is 4.55. The molecule has 0 saturated carbocycles. The van der Waals surface area contributed by atoms with Crippen molar-refractivity contribution in [2.45, 2.75) is 103 Å². The van der Waals surface area contributed by atoms with Crippen LogP contribution in [0.25, 0.3) is 0 Å². The van der Waals surface area contributed by atoms with E-state index < -0.39 is 0 Å². The van der Waals surface area contributed by atoms with E-state index in [0.29, 0.717) is 12.4 Å². The third kappa shape index (κ3) is 11.6. The molecule has 1 atom stereocenters. The Balaban J connectivity index is 1.70. The molecular formula is C20H37NO3. The summed E-state index contributed by atoms with van der Waals surface area (Å²) in [6.45, 7) is 3.19. The minimum atomic E-state index is -0.0751. The van der Waals surface area contributed by atoms with Crippen LogP contribution in [0.1, 0.15) is 96.8 Å². The van der Waals surface area contributed by atoms with Gasteiger partial charge in [-0.05, 0) is 26.3 Å². The molecule has 1 fully saturated rings. The minimum Gasteiger partial charge on any atom is -0.464 e. The Hall–Kier alpha value is -0.900. The van der Waals surface area contributed by atoms with Crippen LogP contribution in [-0.4, -0.2) is 30.9 Å². The number of ketones is 1. The smallest absolute Gasteiger partial charge is 0.323 e. The molecule has 4 nitrogen and oxygen atoms in total. The van der Waals surface area contributed by atoms with Gasteiger partial charge in [0, 0.05) is 12.8 Å². The Bertz CT molecular complexity index is 344. The zero-order chi connectivity index (χ0) is 17.5. The maximum atomic E-state index is 11.3. The Morgan fingerprint density at radius 2 is 1.42 bits per heavy atom. The van der Waals surface area contributed by atoms with Crippen molar-refractivity contribution in [2.24, 2.45) is 0 Å². The SMILES string of the molecule is CC(=O)CCCCCCCCCCCCCCN[C@H]1CCOC1=O. The van der Waals surface area contributed by atoms with Gasteiger partial charge in [0.2, 0.25) is 0 Å². The van der Waals surface area contributed by atoms with E-state index in [1.807, 2.05) is 0 Å². The first-order valence-corrected chi connectivity index (χ1v) is 10.1. The van der Waals surface area contributed by atoms with Gasteiger partial charge in [-0.25, -0.2) is 0 Å². The predicted molar refractivity (Wildman–Crippen MR) is 98.1 cm³/mol. The van der Waals surface area contributed by atoms with Crippen molar-refractivity contribution in [3.63, 3.8) is 0 Å². The van der Waals surface area contributed by atoms with E-state index in [0.717, 1.165) is 32.2 Å². The molecular weight excluding hydrogens is 302 g/mol. The quantitative estimate of drug-likeness (QED) is 0.331. The molecule has 1 heterocycles. The number of rotatable bonds is 16. The molecule has 0 aromatic rings. The van der Waals surface area contributed by atoms with Crippen LogP contribution in [0.5, 0.6) is 0 Å². The molecule has 0 radical (unpaired) electrons. The molecule has 1 saturated heterocycles. The van der Waals surface area contributed by atoms with Crippen LogP contribution in [0.3, 0.4) is 0 Å². The summed E-state index contributed by atoms with van der Waals surface area (Å²) in [4.78, 5) is 22.1. The fourth-order valence-corrected chi connectivity index (χ4v) is 3.22. The number of esters is 1. The highest BCUT2D eigenvalue weighted by molar-refractivity contribution is 5.77. The second-order valence-corrected chi connectivity index (χ2v) is 7.16. The van der Waals surface area contributed by atoms with Gasteiger partial charge >= 0.3 is 5.97 Å². The van der Waals surface area contributed by atoms with E-state index in [2.05, 4.69) is 5.32 Å². The monoisotopic (exact) mass is 339 g/mol. The molecule has 1 N–H and O–H groups in total. The van der Waals surface area contributed by atoms with Crippen molar-refractivity contribution < 1.29 is 14.3 Å². The van der Waals surface area contributed by atoms with E-state index in [1.165, 1.54) is 64.2 Å². The summed E-state index contributed by atoms with van der Waals surface area (Å²) < 4.78 is 4.93. The Kier molecular flexibility index (Phi) is 12.7. The Morgan fingerprint density at radius 1 is 0.917 bits per heavy atom. The summed E-state index contributed by atoms with van der Waals surface area (Å²) in [5.74, 6) is 0.251. The van der Waals surface area contributed by atoms with Crippen LogP contribution in [0.15, 0.2) is 0 Å². The van der Waals surface area contributed by atoms with E-state index in [-0.39, 0.29) is 12.0 Å². The first-order chi connectivity index (χ1) is 11.7. The number of ether oxygens (including phenoxy) is 1. The summed E-state index contributed by atoms with van der Waals surface area (Å²) in [6.07, 6.45) is 17.0. The van der Waals surface area contributed by atoms with Gasteiger partial charge in [0.15, 0.2) is 0 Å². The number of hydrogen-bond donors (Lipinski definition) is 1. The summed E-state index contributed by atoms with van der Waals surface area (Å²) in [6, 6.07) is -0.0486. The Labute approximate surface area is 148 Å². The van der Waals surface area contributed by atoms with Gasteiger partial charge in [-0.1, -0.05) is 64.2 Å². The Morgan fingerprint density at radius 3 is 1.88 bits per heavy atom. The normalized spacial score (nSPS) is 17.2. The van der Waals surface area contributed by atoms with E-state index in [1.54, 1.807) is 6.92 Å². The number of nitrogens with one attached hydrogen (secondary N) is 1. The zero-order valence-electron chi connectivity index (χ0n) is 15.6. The topological polar surface area (TPSA) is 55.4 Å². The molecule has 0 bridgehead atoms. The van der Waals surface area contributed by atoms with Gasteiger partial charge in [-0.15, -0.1) is 0 Å². The van der Waals surface area contributed by atoms with Gasteiger partial charge in [-0.3, -0.25) is 4.79 Å². The molecule has 0 unspecified atom stereocenters. The van der Waals surface area contributed by atoms with Crippen LogP contribution >= 0.6 is 0 Å². The van der Waals surface area contributed by atoms with E-state index in [9.17, 15) is 9.59 Å². The molecule has 0 amide bonds. The summed E-state index contributed by atoms with van der Waals surface area (Å²) in [7, 11) is 0. The average molecular weight is 340 g/mol. The first kappa shape index (κ1) is 21.1. The molecule has 1 aliphatic heterocycles. The molecule has 0 aliphatic carbocycles. The molecule has 1 aliphatic rings. The molecule has 1 rings (SSSR count). The van der Waals surface area contributed by atoms with Crippen molar-refractivity contribution >= 4 is 11.8 Å². The number of carbonyl (C=O) groups excluding carboxylic acids is 2. The fraction of sp³-hybridized carbons (Fsp3) is 0.900. The largest absolute Gasteiger partial charge is 0.464 e. The van der Waals surface area contributed by atoms with Crippen molar-refractivity contribution in [2.75, 3.05) is 13.2 Å². The number of carbonyl (C=O) groups is 2. The third-order valence-electron chi connectivity index (χ3n) is 4.78. The lowest BCUT2D eigenvalue weighted by molar-refractivity contribution is -0.139. The van der Waals surface area contributed by atoms with Gasteiger partial charge < -0.3 is 14.8 Å². The molecule has 0 aromatic carbocycles. The second-order valence-electron chi connectivity index (χ2n) is 7.16. The lowest BCUT2D eigenvalue weighted by atomic mass is 10.0. The van der Waals surface area contributed by atoms with Crippen molar-refractivity contribution in [1.82, 2.24) is 5.32 Å². The van der Waals surface area contributed by atoms with Crippen molar-refractivity contribution in [1.29, 1.82) is 0 Å². The molecule has 0 aromatic heterocycles. The lowest BCUT2D eigenvalue weighted by Gasteiger charge is -2.08. The summed E-state index contributed by atoms with van der Waals surface area (Å²) in [5.41, 5.74) is 0. The van der Waals surface area contributed by atoms with Crippen LogP contribution < -0.4 is 5.32 Å². The molecule has 0 spiro atoms. The highest BCUT2D eigenvalue weighted by Gasteiger charge is 2.25. The fourth-order valence-electron chi connectivity index (χ4n) is 3.22.